The minimum absolute atomic E-state index is 0.0558. The van der Waals surface area contributed by atoms with Crippen LogP contribution < -0.4 is 19.5 Å². The fraction of sp³-hybridized carbons (Fsp3) is 0.300. The first kappa shape index (κ1) is 18.0. The van der Waals surface area contributed by atoms with Crippen molar-refractivity contribution in [1.82, 2.24) is 9.78 Å². The van der Waals surface area contributed by atoms with Crippen LogP contribution in [0.1, 0.15) is 29.0 Å². The minimum Gasteiger partial charge on any atom is -0.493 e. The van der Waals surface area contributed by atoms with Crippen LogP contribution in [0.5, 0.6) is 17.2 Å². The zero-order chi connectivity index (χ0) is 19.7. The Balaban J connectivity index is 1.72. The number of hydrogen-bond donors (Lipinski definition) is 1. The number of ether oxygens (including phenoxy) is 3. The topological polar surface area (TPSA) is 87.8 Å². The average Bonchev–Trinajstić information content (AvgIpc) is 3.37. The van der Waals surface area contributed by atoms with Crippen molar-refractivity contribution in [3.63, 3.8) is 0 Å². The van der Waals surface area contributed by atoms with Gasteiger partial charge in [0.05, 0.1) is 46.6 Å². The summed E-state index contributed by atoms with van der Waals surface area (Å²) in [6, 6.07) is 5.59. The maximum Gasteiger partial charge on any atom is 0.226 e. The van der Waals surface area contributed by atoms with Gasteiger partial charge in [0.1, 0.15) is 5.82 Å². The molecule has 0 radical (unpaired) electrons. The summed E-state index contributed by atoms with van der Waals surface area (Å²) in [4.78, 5) is 12.3. The highest BCUT2D eigenvalue weighted by Crippen LogP contribution is 2.41. The molecule has 3 aromatic rings. The summed E-state index contributed by atoms with van der Waals surface area (Å²) in [7, 11) is 4.72. The number of fused-ring (bicyclic) bond motifs is 1. The zero-order valence-electron chi connectivity index (χ0n) is 15.9. The molecule has 8 heteroatoms. The maximum atomic E-state index is 12.3. The van der Waals surface area contributed by atoms with E-state index in [0.29, 0.717) is 36.0 Å². The molecule has 0 unspecified atom stereocenters. The molecule has 0 aliphatic carbocycles. The molecule has 1 aliphatic heterocycles. The van der Waals surface area contributed by atoms with Crippen LogP contribution >= 0.6 is 0 Å². The highest BCUT2D eigenvalue weighted by Gasteiger charge is 2.31. The first-order chi connectivity index (χ1) is 13.7. The summed E-state index contributed by atoms with van der Waals surface area (Å²) in [6.45, 7) is 0.400. The van der Waals surface area contributed by atoms with Gasteiger partial charge in [0.25, 0.3) is 0 Å². The van der Waals surface area contributed by atoms with Gasteiger partial charge in [0.2, 0.25) is 11.7 Å². The zero-order valence-corrected chi connectivity index (χ0v) is 15.9. The Morgan fingerprint density at radius 3 is 2.68 bits per heavy atom. The summed E-state index contributed by atoms with van der Waals surface area (Å²) in [5, 5.41) is 7.45. The van der Waals surface area contributed by atoms with Gasteiger partial charge in [-0.2, -0.15) is 5.10 Å². The molecule has 146 valence electrons. The van der Waals surface area contributed by atoms with E-state index in [1.54, 1.807) is 44.7 Å². The van der Waals surface area contributed by atoms with Gasteiger partial charge in [0.15, 0.2) is 11.5 Å². The molecule has 1 aromatic carbocycles. The molecule has 3 heterocycles. The normalized spacial score (nSPS) is 15.7. The van der Waals surface area contributed by atoms with Crippen molar-refractivity contribution in [2.45, 2.75) is 18.9 Å². The lowest BCUT2D eigenvalue weighted by molar-refractivity contribution is -0.116. The molecule has 1 amide bonds. The number of furan rings is 1. The van der Waals surface area contributed by atoms with E-state index in [9.17, 15) is 4.79 Å². The monoisotopic (exact) mass is 383 g/mol. The standard InChI is InChI=1S/C20H21N3O5/c1-25-16-5-4-12(18(26-2)19(16)27-3)10-23-20-15(9-21-23)14(8-17(24)22-20)13-6-7-28-11-13/h4-7,9,11,14H,8,10H2,1-3H3,(H,22,24)/t14-/m1/s1. The molecule has 8 nitrogen and oxygen atoms in total. The highest BCUT2D eigenvalue weighted by atomic mass is 16.5. The Morgan fingerprint density at radius 2 is 2.00 bits per heavy atom. The van der Waals surface area contributed by atoms with Gasteiger partial charge in [-0.15, -0.1) is 0 Å². The fourth-order valence-corrected chi connectivity index (χ4v) is 3.61. The smallest absolute Gasteiger partial charge is 0.226 e. The lowest BCUT2D eigenvalue weighted by Crippen LogP contribution is -2.25. The summed E-state index contributed by atoms with van der Waals surface area (Å²) < 4.78 is 23.3. The Kier molecular flexibility index (Phi) is 4.68. The van der Waals surface area contributed by atoms with E-state index in [1.165, 1.54) is 0 Å². The number of amides is 1. The van der Waals surface area contributed by atoms with Crippen LogP contribution in [-0.4, -0.2) is 37.0 Å². The molecule has 28 heavy (non-hydrogen) atoms. The molecule has 0 fully saturated rings. The van der Waals surface area contributed by atoms with Crippen molar-refractivity contribution in [2.24, 2.45) is 0 Å². The third kappa shape index (κ3) is 2.96. The molecule has 0 bridgehead atoms. The van der Waals surface area contributed by atoms with Crippen LogP contribution in [0.15, 0.2) is 41.3 Å². The molecule has 1 atom stereocenters. The molecular weight excluding hydrogens is 362 g/mol. The van der Waals surface area contributed by atoms with E-state index < -0.39 is 0 Å². The van der Waals surface area contributed by atoms with Crippen LogP contribution in [0.4, 0.5) is 5.82 Å². The Labute approximate surface area is 162 Å². The predicted molar refractivity (Wildman–Crippen MR) is 101 cm³/mol. The van der Waals surface area contributed by atoms with E-state index in [1.807, 2.05) is 18.2 Å². The van der Waals surface area contributed by atoms with Crippen molar-refractivity contribution >= 4 is 11.7 Å². The number of carbonyl (C=O) groups excluding carboxylic acids is 1. The van der Waals surface area contributed by atoms with Gasteiger partial charge in [-0.1, -0.05) is 0 Å². The number of benzene rings is 1. The van der Waals surface area contributed by atoms with Gasteiger partial charge in [-0.05, 0) is 23.8 Å². The molecule has 0 saturated heterocycles. The van der Waals surface area contributed by atoms with Crippen molar-refractivity contribution < 1.29 is 23.4 Å². The Morgan fingerprint density at radius 1 is 1.18 bits per heavy atom. The Hall–Kier alpha value is -3.42. The summed E-state index contributed by atoms with van der Waals surface area (Å²) in [5.74, 6) is 2.21. The third-order valence-corrected chi connectivity index (χ3v) is 4.94. The second-order valence-electron chi connectivity index (χ2n) is 6.46. The molecule has 1 aliphatic rings. The van der Waals surface area contributed by atoms with Crippen molar-refractivity contribution in [3.8, 4) is 17.2 Å². The number of anilines is 1. The van der Waals surface area contributed by atoms with Gasteiger partial charge in [-0.3, -0.25) is 4.79 Å². The molecule has 1 N–H and O–H groups in total. The van der Waals surface area contributed by atoms with Crippen LogP contribution in [0.25, 0.3) is 0 Å². The number of nitrogens with zero attached hydrogens (tertiary/aromatic N) is 2. The average molecular weight is 383 g/mol. The van der Waals surface area contributed by atoms with Gasteiger partial charge >= 0.3 is 0 Å². The molecule has 2 aromatic heterocycles. The number of carbonyl (C=O) groups is 1. The van der Waals surface area contributed by atoms with Gasteiger partial charge < -0.3 is 23.9 Å². The van der Waals surface area contributed by atoms with Crippen LogP contribution in [0.3, 0.4) is 0 Å². The first-order valence-electron chi connectivity index (χ1n) is 8.81. The largest absolute Gasteiger partial charge is 0.493 e. The lowest BCUT2D eigenvalue weighted by Gasteiger charge is -2.23. The second kappa shape index (κ2) is 7.30. The quantitative estimate of drug-likeness (QED) is 0.704. The van der Waals surface area contributed by atoms with Crippen molar-refractivity contribution in [1.29, 1.82) is 0 Å². The minimum atomic E-state index is -0.0800. The van der Waals surface area contributed by atoms with Crippen LogP contribution in [0, 0.1) is 0 Å². The number of methoxy groups -OCH3 is 3. The van der Waals surface area contributed by atoms with E-state index in [4.69, 9.17) is 18.6 Å². The highest BCUT2D eigenvalue weighted by molar-refractivity contribution is 5.94. The van der Waals surface area contributed by atoms with Gasteiger partial charge in [0, 0.05) is 23.5 Å². The fourth-order valence-electron chi connectivity index (χ4n) is 3.61. The van der Waals surface area contributed by atoms with E-state index >= 15 is 0 Å². The second-order valence-corrected chi connectivity index (χ2v) is 6.46. The molecule has 0 saturated carbocycles. The lowest BCUT2D eigenvalue weighted by atomic mass is 9.89. The van der Waals surface area contributed by atoms with E-state index in [2.05, 4.69) is 10.4 Å². The summed E-state index contributed by atoms with van der Waals surface area (Å²) >= 11 is 0. The number of rotatable bonds is 6. The molecule has 0 spiro atoms. The summed E-state index contributed by atoms with van der Waals surface area (Å²) in [5.41, 5.74) is 2.77. The van der Waals surface area contributed by atoms with Crippen LogP contribution in [0.2, 0.25) is 0 Å². The maximum absolute atomic E-state index is 12.3. The van der Waals surface area contributed by atoms with Gasteiger partial charge in [-0.25, -0.2) is 4.68 Å². The van der Waals surface area contributed by atoms with E-state index in [-0.39, 0.29) is 11.8 Å². The SMILES string of the molecule is COc1ccc(Cn2ncc3c2NC(=O)C[C@@H]3c2ccoc2)c(OC)c1OC. The van der Waals surface area contributed by atoms with E-state index in [0.717, 1.165) is 16.7 Å². The van der Waals surface area contributed by atoms with Crippen molar-refractivity contribution in [3.05, 3.63) is 53.6 Å². The number of nitrogens with one attached hydrogen (secondary N) is 1. The summed E-state index contributed by atoms with van der Waals surface area (Å²) in [6.07, 6.45) is 5.43. The number of hydrogen-bond acceptors (Lipinski definition) is 6. The third-order valence-electron chi connectivity index (χ3n) is 4.94. The molecular formula is C20H21N3O5. The van der Waals surface area contributed by atoms with Crippen LogP contribution in [-0.2, 0) is 11.3 Å². The first-order valence-corrected chi connectivity index (χ1v) is 8.81. The molecule has 4 rings (SSSR count). The Bertz CT molecular complexity index is 994. The number of aromatic nitrogens is 2. The van der Waals surface area contributed by atoms with Crippen molar-refractivity contribution in [2.75, 3.05) is 26.6 Å². The predicted octanol–water partition coefficient (Wildman–Crippen LogP) is 3.02.